The summed E-state index contributed by atoms with van der Waals surface area (Å²) >= 11 is 0. The monoisotopic (exact) mass is 216 g/mol. The Labute approximate surface area is 83.3 Å². The second-order valence-electron chi connectivity index (χ2n) is 2.52. The molecule has 1 rings (SSSR count). The van der Waals surface area contributed by atoms with Crippen molar-refractivity contribution in [1.29, 1.82) is 0 Å². The lowest BCUT2D eigenvalue weighted by molar-refractivity contribution is -0.137. The van der Waals surface area contributed by atoms with Crippen LogP contribution in [0.3, 0.4) is 0 Å². The number of hydrogen-bond donors (Lipinski definition) is 0. The fourth-order valence-electron chi connectivity index (χ4n) is 0.858. The van der Waals surface area contributed by atoms with Gasteiger partial charge in [0.25, 0.3) is 0 Å². The summed E-state index contributed by atoms with van der Waals surface area (Å²) in [6.07, 6.45) is 0. The van der Waals surface area contributed by atoms with Crippen molar-refractivity contribution in [3.8, 4) is 0 Å². The van der Waals surface area contributed by atoms with Crippen LogP contribution in [0.25, 0.3) is 0 Å². The Morgan fingerprint density at radius 1 is 1.57 bits per heavy atom. The number of carbonyl (C=O) groups excluding carboxylic acids is 1. The molecule has 0 aliphatic rings. The van der Waals surface area contributed by atoms with Gasteiger partial charge in [0.1, 0.15) is 11.6 Å². The predicted octanol–water partition coefficient (Wildman–Crippen LogP) is 1.11. The van der Waals surface area contributed by atoms with E-state index in [2.05, 4.69) is 4.74 Å². The number of halogens is 1. The zero-order chi connectivity index (χ0) is 10.6. The van der Waals surface area contributed by atoms with E-state index in [-0.39, 0.29) is 10.6 Å². The van der Waals surface area contributed by atoms with Crippen LogP contribution in [0.2, 0.25) is 0 Å². The number of ether oxygens (including phenoxy) is 1. The van der Waals surface area contributed by atoms with E-state index in [1.807, 2.05) is 0 Å². The van der Waals surface area contributed by atoms with Crippen LogP contribution in [0.5, 0.6) is 0 Å². The van der Waals surface area contributed by atoms with Gasteiger partial charge in [0, 0.05) is 4.90 Å². The van der Waals surface area contributed by atoms with E-state index in [0.717, 1.165) is 6.07 Å². The van der Waals surface area contributed by atoms with Gasteiger partial charge in [0.05, 0.1) is 17.9 Å². The van der Waals surface area contributed by atoms with Crippen molar-refractivity contribution in [3.63, 3.8) is 0 Å². The molecule has 1 aromatic carbocycles. The van der Waals surface area contributed by atoms with Crippen molar-refractivity contribution < 1.29 is 18.1 Å². The molecule has 0 N–H and O–H groups in total. The quantitative estimate of drug-likeness (QED) is 0.711. The smallest absolute Gasteiger partial charge is 0.318 e. The van der Waals surface area contributed by atoms with Crippen molar-refractivity contribution in [3.05, 3.63) is 30.1 Å². The fraction of sp³-hybridized carbons (Fsp3) is 0.222. The van der Waals surface area contributed by atoms with Crippen LogP contribution in [0, 0.1) is 5.82 Å². The molecule has 0 amide bonds. The molecule has 0 heterocycles. The highest BCUT2D eigenvalue weighted by Gasteiger charge is 2.10. The molecule has 0 saturated heterocycles. The summed E-state index contributed by atoms with van der Waals surface area (Å²) in [5.41, 5.74) is 0. The summed E-state index contributed by atoms with van der Waals surface area (Å²) in [5, 5.41) is 0. The van der Waals surface area contributed by atoms with Gasteiger partial charge < -0.3 is 4.74 Å². The molecule has 3 nitrogen and oxygen atoms in total. The highest BCUT2D eigenvalue weighted by Crippen LogP contribution is 2.08. The maximum atomic E-state index is 12.7. The van der Waals surface area contributed by atoms with Crippen LogP contribution < -0.4 is 0 Å². The third kappa shape index (κ3) is 2.92. The van der Waals surface area contributed by atoms with Gasteiger partial charge >= 0.3 is 5.97 Å². The lowest BCUT2D eigenvalue weighted by Crippen LogP contribution is -2.12. The molecular weight excluding hydrogens is 207 g/mol. The van der Waals surface area contributed by atoms with E-state index in [0.29, 0.717) is 0 Å². The Morgan fingerprint density at radius 3 is 2.86 bits per heavy atom. The minimum atomic E-state index is -1.54. The number of carbonyl (C=O) groups is 1. The topological polar surface area (TPSA) is 43.4 Å². The molecule has 0 aliphatic carbocycles. The van der Waals surface area contributed by atoms with Gasteiger partial charge in [-0.05, 0) is 18.2 Å². The Kier molecular flexibility index (Phi) is 3.76. The van der Waals surface area contributed by atoms with Crippen molar-refractivity contribution >= 4 is 16.8 Å². The number of hydrogen-bond acceptors (Lipinski definition) is 3. The van der Waals surface area contributed by atoms with Crippen LogP contribution in [-0.4, -0.2) is 23.0 Å². The molecule has 1 atom stereocenters. The molecule has 1 unspecified atom stereocenters. The van der Waals surface area contributed by atoms with Crippen LogP contribution >= 0.6 is 0 Å². The van der Waals surface area contributed by atoms with Crippen molar-refractivity contribution in [2.45, 2.75) is 4.90 Å². The summed E-state index contributed by atoms with van der Waals surface area (Å²) in [7, 11) is -0.325. The number of esters is 1. The second kappa shape index (κ2) is 4.85. The standard InChI is InChI=1S/C9H9FO3S/c1-13-9(11)6-14(12)8-4-2-3-7(10)5-8/h2-5H,6H2,1H3. The molecule has 14 heavy (non-hydrogen) atoms. The summed E-state index contributed by atoms with van der Waals surface area (Å²) in [4.78, 5) is 11.1. The van der Waals surface area contributed by atoms with Gasteiger partial charge in [-0.2, -0.15) is 0 Å². The first-order chi connectivity index (χ1) is 6.63. The Morgan fingerprint density at radius 2 is 2.29 bits per heavy atom. The van der Waals surface area contributed by atoms with Crippen molar-refractivity contribution in [2.24, 2.45) is 0 Å². The Hall–Kier alpha value is -1.23. The Balaban J connectivity index is 2.75. The van der Waals surface area contributed by atoms with Gasteiger partial charge in [0.15, 0.2) is 0 Å². The highest BCUT2D eigenvalue weighted by molar-refractivity contribution is 7.85. The van der Waals surface area contributed by atoms with Crippen LogP contribution in [0.4, 0.5) is 4.39 Å². The highest BCUT2D eigenvalue weighted by atomic mass is 32.2. The summed E-state index contributed by atoms with van der Waals surface area (Å²) in [5.74, 6) is -1.30. The van der Waals surface area contributed by atoms with Crippen molar-refractivity contribution in [1.82, 2.24) is 0 Å². The van der Waals surface area contributed by atoms with Gasteiger partial charge in [-0.1, -0.05) is 6.07 Å². The average molecular weight is 216 g/mol. The van der Waals surface area contributed by atoms with Crippen molar-refractivity contribution in [2.75, 3.05) is 12.9 Å². The van der Waals surface area contributed by atoms with Crippen LogP contribution in [0.15, 0.2) is 29.2 Å². The van der Waals surface area contributed by atoms with Crippen LogP contribution in [0.1, 0.15) is 0 Å². The first kappa shape index (κ1) is 10.8. The average Bonchev–Trinajstić information content (AvgIpc) is 2.17. The predicted molar refractivity (Wildman–Crippen MR) is 49.7 cm³/mol. The summed E-state index contributed by atoms with van der Waals surface area (Å²) in [6, 6.07) is 5.33. The first-order valence-corrected chi connectivity index (χ1v) is 5.16. The largest absolute Gasteiger partial charge is 0.468 e. The SMILES string of the molecule is COC(=O)CS(=O)c1cccc(F)c1. The molecule has 76 valence electrons. The van der Waals surface area contributed by atoms with Crippen LogP contribution in [-0.2, 0) is 20.3 Å². The Bertz CT molecular complexity index is 365. The van der Waals surface area contributed by atoms with E-state index in [1.165, 1.54) is 25.3 Å². The molecule has 5 heteroatoms. The zero-order valence-electron chi connectivity index (χ0n) is 7.53. The molecule has 0 aromatic heterocycles. The normalized spacial score (nSPS) is 12.1. The summed E-state index contributed by atoms with van der Waals surface area (Å²) in [6.45, 7) is 0. The number of methoxy groups -OCH3 is 1. The lowest BCUT2D eigenvalue weighted by atomic mass is 10.4. The minimum absolute atomic E-state index is 0.250. The number of rotatable bonds is 3. The van der Waals surface area contributed by atoms with Gasteiger partial charge in [-0.25, -0.2) is 4.39 Å². The van der Waals surface area contributed by atoms with Gasteiger partial charge in [-0.15, -0.1) is 0 Å². The third-order valence-corrected chi connectivity index (χ3v) is 2.81. The molecule has 0 aliphatic heterocycles. The fourth-order valence-corrected chi connectivity index (χ4v) is 1.83. The van der Waals surface area contributed by atoms with E-state index in [9.17, 15) is 13.4 Å². The molecule has 0 fully saturated rings. The maximum absolute atomic E-state index is 12.7. The molecular formula is C9H9FO3S. The molecule has 0 bridgehead atoms. The van der Waals surface area contributed by atoms with E-state index >= 15 is 0 Å². The minimum Gasteiger partial charge on any atom is -0.468 e. The maximum Gasteiger partial charge on any atom is 0.318 e. The first-order valence-electron chi connectivity index (χ1n) is 3.84. The van der Waals surface area contributed by atoms with Gasteiger partial charge in [-0.3, -0.25) is 9.00 Å². The zero-order valence-corrected chi connectivity index (χ0v) is 8.34. The van der Waals surface area contributed by atoms with Gasteiger partial charge in [0.2, 0.25) is 0 Å². The third-order valence-electron chi connectivity index (χ3n) is 1.54. The molecule has 1 aromatic rings. The summed E-state index contributed by atoms with van der Waals surface area (Å²) < 4.78 is 28.5. The lowest BCUT2D eigenvalue weighted by Gasteiger charge is -2.00. The van der Waals surface area contributed by atoms with E-state index in [1.54, 1.807) is 0 Å². The molecule has 0 saturated carbocycles. The van der Waals surface area contributed by atoms with E-state index in [4.69, 9.17) is 0 Å². The number of benzene rings is 1. The molecule has 0 radical (unpaired) electrons. The van der Waals surface area contributed by atoms with E-state index < -0.39 is 22.6 Å². The molecule has 0 spiro atoms. The second-order valence-corrected chi connectivity index (χ2v) is 3.97.